The molecule has 19 heavy (non-hydrogen) atoms. The first-order chi connectivity index (χ1) is 8.99. The van der Waals surface area contributed by atoms with Crippen molar-refractivity contribution in [1.82, 2.24) is 4.90 Å². The maximum Gasteiger partial charge on any atom is 0.257 e. The van der Waals surface area contributed by atoms with Gasteiger partial charge < -0.3 is 15.7 Å². The summed E-state index contributed by atoms with van der Waals surface area (Å²) in [6.07, 6.45) is 2.44. The molecule has 1 aliphatic carbocycles. The van der Waals surface area contributed by atoms with Crippen LogP contribution in [-0.2, 0) is 0 Å². The van der Waals surface area contributed by atoms with Gasteiger partial charge in [-0.25, -0.2) is 0 Å². The number of hydrogen-bond acceptors (Lipinski definition) is 3. The molecule has 0 aromatic heterocycles. The number of carbonyl (C=O) groups is 1. The normalized spacial score (nSPS) is 14.2. The molecular weight excluding hydrogens is 284 g/mol. The Hall–Kier alpha value is -1.33. The molecule has 102 valence electrons. The van der Waals surface area contributed by atoms with Gasteiger partial charge in [-0.05, 0) is 31.0 Å². The van der Waals surface area contributed by atoms with Gasteiger partial charge in [0.25, 0.3) is 5.91 Å². The fourth-order valence-corrected chi connectivity index (χ4v) is 2.16. The van der Waals surface area contributed by atoms with E-state index in [4.69, 9.17) is 29.6 Å². The minimum absolute atomic E-state index is 0.0598. The van der Waals surface area contributed by atoms with E-state index in [2.05, 4.69) is 0 Å². The second-order valence-electron chi connectivity index (χ2n) is 4.61. The minimum Gasteiger partial charge on any atom is -0.507 e. The number of phenols is 1. The van der Waals surface area contributed by atoms with Gasteiger partial charge in [0, 0.05) is 24.0 Å². The van der Waals surface area contributed by atoms with E-state index in [-0.39, 0.29) is 23.3 Å². The minimum atomic E-state index is -0.223. The van der Waals surface area contributed by atoms with Crippen LogP contribution in [0.3, 0.4) is 0 Å². The zero-order chi connectivity index (χ0) is 14.0. The van der Waals surface area contributed by atoms with E-state index in [1.807, 2.05) is 0 Å². The molecule has 0 spiro atoms. The van der Waals surface area contributed by atoms with E-state index >= 15 is 0 Å². The van der Waals surface area contributed by atoms with Gasteiger partial charge in [-0.1, -0.05) is 23.8 Å². The van der Waals surface area contributed by atoms with Crippen molar-refractivity contribution in [3.63, 3.8) is 0 Å². The number of aromatic hydroxyl groups is 1. The van der Waals surface area contributed by atoms with Crippen molar-refractivity contribution < 1.29 is 9.90 Å². The van der Waals surface area contributed by atoms with Gasteiger partial charge in [-0.15, -0.1) is 0 Å². The SMILES string of the molecule is NC(=S)CCN(C(=O)c1cc(Cl)ccc1O)C1CC1. The molecular formula is C13H15ClN2O2S. The first kappa shape index (κ1) is 14.1. The van der Waals surface area contributed by atoms with Crippen LogP contribution in [0.2, 0.25) is 5.02 Å². The third-order valence-corrected chi connectivity index (χ3v) is 3.48. The van der Waals surface area contributed by atoms with Crippen molar-refractivity contribution in [2.75, 3.05) is 6.54 Å². The Bertz CT molecular complexity index is 517. The first-order valence-electron chi connectivity index (χ1n) is 6.07. The summed E-state index contributed by atoms with van der Waals surface area (Å²) in [4.78, 5) is 14.5. The molecule has 1 aromatic rings. The zero-order valence-corrected chi connectivity index (χ0v) is 11.9. The van der Waals surface area contributed by atoms with Crippen LogP contribution >= 0.6 is 23.8 Å². The number of nitrogens with two attached hydrogens (primary N) is 1. The quantitative estimate of drug-likeness (QED) is 0.819. The Kier molecular flexibility index (Phi) is 4.27. The van der Waals surface area contributed by atoms with Crippen molar-refractivity contribution >= 4 is 34.7 Å². The molecule has 1 saturated carbocycles. The largest absolute Gasteiger partial charge is 0.507 e. The Morgan fingerprint density at radius 1 is 1.53 bits per heavy atom. The average molecular weight is 299 g/mol. The predicted molar refractivity (Wildman–Crippen MR) is 78.6 cm³/mol. The molecule has 0 atom stereocenters. The highest BCUT2D eigenvalue weighted by Crippen LogP contribution is 2.31. The molecule has 0 radical (unpaired) electrons. The molecule has 0 bridgehead atoms. The fourth-order valence-electron chi connectivity index (χ4n) is 1.90. The molecule has 2 rings (SSSR count). The highest BCUT2D eigenvalue weighted by atomic mass is 35.5. The number of amides is 1. The Morgan fingerprint density at radius 3 is 2.79 bits per heavy atom. The van der Waals surface area contributed by atoms with Gasteiger partial charge in [0.15, 0.2) is 0 Å². The van der Waals surface area contributed by atoms with Gasteiger partial charge in [-0.2, -0.15) is 0 Å². The number of hydrogen-bond donors (Lipinski definition) is 2. The summed E-state index contributed by atoms with van der Waals surface area (Å²) in [5, 5.41) is 10.2. The predicted octanol–water partition coefficient (Wildman–Crippen LogP) is 2.33. The molecule has 1 aliphatic rings. The second-order valence-corrected chi connectivity index (χ2v) is 5.57. The molecule has 0 aliphatic heterocycles. The van der Waals surface area contributed by atoms with Crippen LogP contribution in [0.15, 0.2) is 18.2 Å². The highest BCUT2D eigenvalue weighted by Gasteiger charge is 2.33. The van der Waals surface area contributed by atoms with E-state index in [0.29, 0.717) is 23.0 Å². The van der Waals surface area contributed by atoms with Gasteiger partial charge in [-0.3, -0.25) is 4.79 Å². The van der Waals surface area contributed by atoms with Gasteiger partial charge >= 0.3 is 0 Å². The molecule has 6 heteroatoms. The lowest BCUT2D eigenvalue weighted by Crippen LogP contribution is -2.35. The van der Waals surface area contributed by atoms with Crippen molar-refractivity contribution in [3.8, 4) is 5.75 Å². The van der Waals surface area contributed by atoms with E-state index in [0.717, 1.165) is 12.8 Å². The topological polar surface area (TPSA) is 66.6 Å². The third-order valence-electron chi connectivity index (χ3n) is 3.04. The monoisotopic (exact) mass is 298 g/mol. The van der Waals surface area contributed by atoms with Crippen molar-refractivity contribution in [2.24, 2.45) is 5.73 Å². The molecule has 1 aromatic carbocycles. The summed E-state index contributed by atoms with van der Waals surface area (Å²) in [6.45, 7) is 0.477. The molecule has 4 nitrogen and oxygen atoms in total. The van der Waals surface area contributed by atoms with Gasteiger partial charge in [0.1, 0.15) is 5.75 Å². The van der Waals surface area contributed by atoms with E-state index in [1.54, 1.807) is 11.0 Å². The molecule has 0 unspecified atom stereocenters. The summed E-state index contributed by atoms with van der Waals surface area (Å²) in [5.41, 5.74) is 5.70. The number of halogens is 1. The molecule has 1 amide bonds. The van der Waals surface area contributed by atoms with Crippen LogP contribution in [0.1, 0.15) is 29.6 Å². The Morgan fingerprint density at radius 2 is 2.21 bits per heavy atom. The molecule has 0 heterocycles. The molecule has 1 fully saturated rings. The second kappa shape index (κ2) is 5.75. The summed E-state index contributed by atoms with van der Waals surface area (Å²) >= 11 is 10.7. The van der Waals surface area contributed by atoms with Gasteiger partial charge in [0.2, 0.25) is 0 Å². The van der Waals surface area contributed by atoms with Crippen LogP contribution in [0, 0.1) is 0 Å². The van der Waals surface area contributed by atoms with Crippen LogP contribution < -0.4 is 5.73 Å². The van der Waals surface area contributed by atoms with Crippen LogP contribution in [-0.4, -0.2) is 33.5 Å². The summed E-state index contributed by atoms with van der Waals surface area (Å²) < 4.78 is 0. The summed E-state index contributed by atoms with van der Waals surface area (Å²) in [7, 11) is 0. The van der Waals surface area contributed by atoms with Crippen LogP contribution in [0.5, 0.6) is 5.75 Å². The third kappa shape index (κ3) is 3.58. The zero-order valence-electron chi connectivity index (χ0n) is 10.3. The number of thiocarbonyl (C=S) groups is 1. The first-order valence-corrected chi connectivity index (χ1v) is 6.85. The van der Waals surface area contributed by atoms with Crippen molar-refractivity contribution in [1.29, 1.82) is 0 Å². The summed E-state index contributed by atoms with van der Waals surface area (Å²) in [5.74, 6) is -0.283. The lowest BCUT2D eigenvalue weighted by molar-refractivity contribution is 0.0745. The van der Waals surface area contributed by atoms with E-state index in [9.17, 15) is 9.90 Å². The lowest BCUT2D eigenvalue weighted by atomic mass is 10.1. The van der Waals surface area contributed by atoms with Crippen molar-refractivity contribution in [3.05, 3.63) is 28.8 Å². The lowest BCUT2D eigenvalue weighted by Gasteiger charge is -2.22. The highest BCUT2D eigenvalue weighted by molar-refractivity contribution is 7.80. The fraction of sp³-hybridized carbons (Fsp3) is 0.385. The van der Waals surface area contributed by atoms with Crippen molar-refractivity contribution in [2.45, 2.75) is 25.3 Å². The smallest absolute Gasteiger partial charge is 0.257 e. The summed E-state index contributed by atoms with van der Waals surface area (Å²) in [6, 6.07) is 4.67. The molecule has 0 saturated heterocycles. The Labute approximate surface area is 122 Å². The number of rotatable bonds is 5. The van der Waals surface area contributed by atoms with Crippen LogP contribution in [0.25, 0.3) is 0 Å². The van der Waals surface area contributed by atoms with Crippen LogP contribution in [0.4, 0.5) is 0 Å². The standard InChI is InChI=1S/C13H15ClN2O2S/c14-8-1-4-11(17)10(7-8)13(18)16(9-2-3-9)6-5-12(15)19/h1,4,7,9,17H,2-3,5-6H2,(H2,15,19). The number of benzene rings is 1. The number of nitrogens with zero attached hydrogens (tertiary/aromatic N) is 1. The number of phenolic OH excluding ortho intramolecular Hbond substituents is 1. The van der Waals surface area contributed by atoms with E-state index in [1.165, 1.54) is 12.1 Å². The molecule has 3 N–H and O–H groups in total. The number of carbonyl (C=O) groups excluding carboxylic acids is 1. The maximum absolute atomic E-state index is 12.4. The average Bonchev–Trinajstić information content (AvgIpc) is 3.16. The maximum atomic E-state index is 12.4. The van der Waals surface area contributed by atoms with E-state index < -0.39 is 0 Å². The van der Waals surface area contributed by atoms with Gasteiger partial charge in [0.05, 0.1) is 10.6 Å². The Balaban J connectivity index is 2.18.